The van der Waals surface area contributed by atoms with Crippen LogP contribution in [-0.2, 0) is 24.8 Å². The molecule has 0 saturated heterocycles. The van der Waals surface area contributed by atoms with Crippen LogP contribution in [0.4, 0.5) is 8.78 Å². The van der Waals surface area contributed by atoms with Gasteiger partial charge in [-0.05, 0) is 36.4 Å². The zero-order valence-electron chi connectivity index (χ0n) is 17.3. The molecule has 0 spiro atoms. The third-order valence-corrected chi connectivity index (χ3v) is 7.71. The van der Waals surface area contributed by atoms with Crippen LogP contribution in [-0.4, -0.2) is 69.5 Å². The highest BCUT2D eigenvalue weighted by molar-refractivity contribution is 7.89. The molecule has 0 saturated carbocycles. The quantitative estimate of drug-likeness (QED) is 0.355. The van der Waals surface area contributed by atoms with E-state index in [1.807, 2.05) is 0 Å². The van der Waals surface area contributed by atoms with E-state index in [1.165, 1.54) is 36.8 Å². The Balaban J connectivity index is 2.38. The lowest BCUT2D eigenvalue weighted by Gasteiger charge is -2.24. The summed E-state index contributed by atoms with van der Waals surface area (Å²) in [5.74, 6) is -4.67. The van der Waals surface area contributed by atoms with E-state index in [-0.39, 0.29) is 12.3 Å². The normalized spacial score (nSPS) is 12.2. The number of benzene rings is 2. The van der Waals surface area contributed by atoms with Crippen molar-refractivity contribution in [2.75, 3.05) is 32.9 Å². The van der Waals surface area contributed by atoms with Gasteiger partial charge in [-0.25, -0.2) is 35.4 Å². The van der Waals surface area contributed by atoms with Crippen LogP contribution in [0.2, 0.25) is 5.02 Å². The standard InChI is InChI=1S/C18H20ClF2N3O7S2/c1-23(32(2,27)28)7-8-24(11-17(25)22-26)33(29,30)14-9-15(20)18(16(21)10-14)31-13-5-3-12(19)4-6-13/h3-6,9-10,26H,7-8,11H2,1-2H3,(H,22,25). The lowest BCUT2D eigenvalue weighted by molar-refractivity contribution is -0.129. The first-order valence-electron chi connectivity index (χ1n) is 9.02. The molecule has 182 valence electrons. The molecule has 0 bridgehead atoms. The summed E-state index contributed by atoms with van der Waals surface area (Å²) in [4.78, 5) is 10.7. The molecule has 2 rings (SSSR count). The van der Waals surface area contributed by atoms with Crippen molar-refractivity contribution < 1.29 is 40.4 Å². The Morgan fingerprint density at radius 2 is 1.64 bits per heavy atom. The van der Waals surface area contributed by atoms with Gasteiger partial charge < -0.3 is 4.74 Å². The third kappa shape index (κ3) is 7.06. The number of rotatable bonds is 10. The first-order chi connectivity index (χ1) is 15.3. The third-order valence-electron chi connectivity index (χ3n) is 4.32. The van der Waals surface area contributed by atoms with Gasteiger partial charge in [-0.2, -0.15) is 4.31 Å². The highest BCUT2D eigenvalue weighted by Crippen LogP contribution is 2.31. The molecule has 0 heterocycles. The molecule has 0 atom stereocenters. The molecule has 0 aliphatic rings. The van der Waals surface area contributed by atoms with Crippen LogP contribution in [0.1, 0.15) is 0 Å². The number of carbonyl (C=O) groups excluding carboxylic acids is 1. The maximum absolute atomic E-state index is 14.6. The average Bonchev–Trinajstić information content (AvgIpc) is 2.73. The van der Waals surface area contributed by atoms with Crippen LogP contribution >= 0.6 is 11.6 Å². The Morgan fingerprint density at radius 3 is 2.12 bits per heavy atom. The molecule has 0 fully saturated rings. The lowest BCUT2D eigenvalue weighted by Crippen LogP contribution is -2.44. The summed E-state index contributed by atoms with van der Waals surface area (Å²) >= 11 is 5.74. The zero-order chi connectivity index (χ0) is 25.0. The molecule has 2 aromatic rings. The fourth-order valence-electron chi connectivity index (χ4n) is 2.45. The number of sulfonamides is 2. The van der Waals surface area contributed by atoms with Gasteiger partial charge in [0, 0.05) is 25.2 Å². The van der Waals surface area contributed by atoms with E-state index in [0.29, 0.717) is 21.5 Å². The molecule has 2 N–H and O–H groups in total. The van der Waals surface area contributed by atoms with Crippen LogP contribution in [0, 0.1) is 11.6 Å². The number of halogens is 3. The highest BCUT2D eigenvalue weighted by Gasteiger charge is 2.30. The van der Waals surface area contributed by atoms with Crippen molar-refractivity contribution >= 4 is 37.6 Å². The van der Waals surface area contributed by atoms with E-state index in [0.717, 1.165) is 10.6 Å². The van der Waals surface area contributed by atoms with Gasteiger partial charge in [0.15, 0.2) is 17.4 Å². The molecule has 0 unspecified atom stereocenters. The van der Waals surface area contributed by atoms with Crippen LogP contribution in [0.5, 0.6) is 11.5 Å². The van der Waals surface area contributed by atoms with Crippen molar-refractivity contribution in [3.05, 3.63) is 53.1 Å². The summed E-state index contributed by atoms with van der Waals surface area (Å²) in [5.41, 5.74) is 1.25. The predicted octanol–water partition coefficient (Wildman–Crippen LogP) is 1.80. The number of amides is 1. The SMILES string of the molecule is CN(CCN(CC(=O)NO)S(=O)(=O)c1cc(F)c(Oc2ccc(Cl)cc2)c(F)c1)S(C)(=O)=O. The molecule has 0 aliphatic carbocycles. The monoisotopic (exact) mass is 527 g/mol. The van der Waals surface area contributed by atoms with Crippen LogP contribution in [0.3, 0.4) is 0 Å². The number of ether oxygens (including phenoxy) is 1. The fourth-order valence-corrected chi connectivity index (χ4v) is 4.40. The van der Waals surface area contributed by atoms with E-state index in [1.54, 1.807) is 0 Å². The van der Waals surface area contributed by atoms with Gasteiger partial charge in [0.05, 0.1) is 17.7 Å². The Hall–Kier alpha value is -2.36. The predicted molar refractivity (Wildman–Crippen MR) is 114 cm³/mol. The largest absolute Gasteiger partial charge is 0.451 e. The number of carbonyl (C=O) groups is 1. The smallest absolute Gasteiger partial charge is 0.258 e. The van der Waals surface area contributed by atoms with E-state index in [9.17, 15) is 30.4 Å². The maximum atomic E-state index is 14.6. The van der Waals surface area contributed by atoms with Crippen molar-refractivity contribution in [1.82, 2.24) is 14.1 Å². The summed E-state index contributed by atoms with van der Waals surface area (Å²) in [5, 5.41) is 9.10. The first-order valence-corrected chi connectivity index (χ1v) is 12.7. The fraction of sp³-hybridized carbons (Fsp3) is 0.278. The van der Waals surface area contributed by atoms with Crippen LogP contribution < -0.4 is 10.2 Å². The highest BCUT2D eigenvalue weighted by atomic mass is 35.5. The van der Waals surface area contributed by atoms with Crippen LogP contribution in [0.25, 0.3) is 0 Å². The van der Waals surface area contributed by atoms with E-state index >= 15 is 0 Å². The summed E-state index contributed by atoms with van der Waals surface area (Å²) in [6.07, 6.45) is 0.885. The topological polar surface area (TPSA) is 133 Å². The van der Waals surface area contributed by atoms with Gasteiger partial charge in [-0.1, -0.05) is 11.6 Å². The molecule has 33 heavy (non-hydrogen) atoms. The maximum Gasteiger partial charge on any atom is 0.258 e. The molecule has 10 nitrogen and oxygen atoms in total. The molecule has 2 aromatic carbocycles. The second-order valence-corrected chi connectivity index (χ2v) is 11.2. The Labute approximate surface area is 194 Å². The number of likely N-dealkylation sites (N-methyl/N-ethyl adjacent to an activating group) is 1. The summed E-state index contributed by atoms with van der Waals surface area (Å²) in [6, 6.07) is 6.52. The lowest BCUT2D eigenvalue weighted by atomic mass is 10.3. The van der Waals surface area contributed by atoms with E-state index in [2.05, 4.69) is 0 Å². The molecule has 0 aromatic heterocycles. The number of hydroxylamine groups is 1. The molecule has 0 radical (unpaired) electrons. The van der Waals surface area contributed by atoms with Gasteiger partial charge in [0.1, 0.15) is 5.75 Å². The Bertz CT molecular complexity index is 1200. The zero-order valence-corrected chi connectivity index (χ0v) is 19.7. The van der Waals surface area contributed by atoms with Crippen LogP contribution in [0.15, 0.2) is 41.3 Å². The van der Waals surface area contributed by atoms with Crippen molar-refractivity contribution in [3.8, 4) is 11.5 Å². The second kappa shape index (κ2) is 10.7. The number of nitrogens with zero attached hydrogens (tertiary/aromatic N) is 2. The van der Waals surface area contributed by atoms with Gasteiger partial charge in [-0.15, -0.1) is 0 Å². The van der Waals surface area contributed by atoms with Crippen molar-refractivity contribution in [2.45, 2.75) is 4.90 Å². The van der Waals surface area contributed by atoms with Crippen molar-refractivity contribution in [1.29, 1.82) is 0 Å². The molecule has 0 aliphatic heterocycles. The van der Waals surface area contributed by atoms with Gasteiger partial charge in [0.25, 0.3) is 5.91 Å². The number of nitrogens with one attached hydrogen (secondary N) is 1. The van der Waals surface area contributed by atoms with Gasteiger partial charge in [-0.3, -0.25) is 10.0 Å². The molecule has 15 heteroatoms. The van der Waals surface area contributed by atoms with E-state index in [4.69, 9.17) is 21.5 Å². The minimum Gasteiger partial charge on any atom is -0.451 e. The Kier molecular flexibility index (Phi) is 8.73. The first kappa shape index (κ1) is 26.9. The minimum absolute atomic E-state index is 0.0397. The second-order valence-electron chi connectivity index (χ2n) is 6.73. The molecular formula is C18H20ClF2N3O7S2. The number of hydrogen-bond donors (Lipinski definition) is 2. The van der Waals surface area contributed by atoms with Crippen molar-refractivity contribution in [2.24, 2.45) is 0 Å². The molecule has 1 amide bonds. The van der Waals surface area contributed by atoms with Gasteiger partial charge >= 0.3 is 0 Å². The number of hydrogen-bond acceptors (Lipinski definition) is 7. The molecular weight excluding hydrogens is 508 g/mol. The Morgan fingerprint density at radius 1 is 1.09 bits per heavy atom. The summed E-state index contributed by atoms with van der Waals surface area (Å²) < 4.78 is 84.6. The summed E-state index contributed by atoms with van der Waals surface area (Å²) in [6.45, 7) is -1.87. The minimum atomic E-state index is -4.70. The van der Waals surface area contributed by atoms with Gasteiger partial charge in [0.2, 0.25) is 20.0 Å². The van der Waals surface area contributed by atoms with Crippen molar-refractivity contribution in [3.63, 3.8) is 0 Å². The van der Waals surface area contributed by atoms with E-state index < -0.39 is 61.3 Å². The average molecular weight is 528 g/mol. The summed E-state index contributed by atoms with van der Waals surface area (Å²) in [7, 11) is -7.20.